The molecule has 0 fully saturated rings. The highest BCUT2D eigenvalue weighted by Gasteiger charge is 2.22. The standard InChI is InChI=1S/C23H21BrN6O2S/c1-14-11-15(2)26-23(25-14)33-13-20-21(22(31)27-17-6-4-5-16(24)12-17)28-29-30(20)18-7-9-19(32-3)10-8-18/h4-12H,13H2,1-3H3,(H,27,31). The van der Waals surface area contributed by atoms with E-state index in [2.05, 4.69) is 41.5 Å². The van der Waals surface area contributed by atoms with Gasteiger partial charge in [0, 0.05) is 27.3 Å². The number of benzene rings is 2. The van der Waals surface area contributed by atoms with Crippen molar-refractivity contribution in [1.29, 1.82) is 0 Å². The molecule has 4 rings (SSSR count). The van der Waals surface area contributed by atoms with Crippen molar-refractivity contribution in [3.63, 3.8) is 0 Å². The zero-order chi connectivity index (χ0) is 23.4. The highest BCUT2D eigenvalue weighted by Crippen LogP contribution is 2.25. The van der Waals surface area contributed by atoms with Crippen molar-refractivity contribution < 1.29 is 9.53 Å². The van der Waals surface area contributed by atoms with E-state index in [9.17, 15) is 4.79 Å². The number of hydrogen-bond donors (Lipinski definition) is 1. The third-order valence-corrected chi connectivity index (χ3v) is 6.03. The molecule has 0 spiro atoms. The lowest BCUT2D eigenvalue weighted by Gasteiger charge is -2.10. The Morgan fingerprint density at radius 1 is 1.09 bits per heavy atom. The Bertz CT molecular complexity index is 1270. The minimum atomic E-state index is -0.343. The number of nitrogens with zero attached hydrogens (tertiary/aromatic N) is 5. The molecule has 0 atom stereocenters. The Labute approximate surface area is 203 Å². The molecule has 1 amide bonds. The zero-order valence-corrected chi connectivity index (χ0v) is 20.6. The fourth-order valence-corrected chi connectivity index (χ4v) is 4.53. The van der Waals surface area contributed by atoms with Crippen LogP contribution in [0.25, 0.3) is 5.69 Å². The Balaban J connectivity index is 1.67. The van der Waals surface area contributed by atoms with Crippen LogP contribution in [0.5, 0.6) is 5.75 Å². The molecule has 0 radical (unpaired) electrons. The molecule has 1 N–H and O–H groups in total. The minimum Gasteiger partial charge on any atom is -0.497 e. The monoisotopic (exact) mass is 524 g/mol. The molecule has 0 saturated heterocycles. The second-order valence-electron chi connectivity index (χ2n) is 7.18. The Hall–Kier alpha value is -3.24. The van der Waals surface area contributed by atoms with Gasteiger partial charge in [-0.05, 0) is 62.4 Å². The lowest BCUT2D eigenvalue weighted by molar-refractivity contribution is 0.102. The second-order valence-corrected chi connectivity index (χ2v) is 9.04. The van der Waals surface area contributed by atoms with Crippen LogP contribution >= 0.6 is 27.7 Å². The van der Waals surface area contributed by atoms with Crippen LogP contribution in [-0.2, 0) is 5.75 Å². The van der Waals surface area contributed by atoms with E-state index in [0.29, 0.717) is 22.3 Å². The highest BCUT2D eigenvalue weighted by atomic mass is 79.9. The van der Waals surface area contributed by atoms with Crippen molar-refractivity contribution in [3.05, 3.63) is 81.8 Å². The molecule has 0 aliphatic heterocycles. The molecule has 0 bridgehead atoms. The summed E-state index contributed by atoms with van der Waals surface area (Å²) in [5, 5.41) is 12.0. The summed E-state index contributed by atoms with van der Waals surface area (Å²) in [4.78, 5) is 22.1. The maximum absolute atomic E-state index is 13.1. The van der Waals surface area contributed by atoms with Gasteiger partial charge in [-0.3, -0.25) is 4.79 Å². The van der Waals surface area contributed by atoms with Crippen LogP contribution in [-0.4, -0.2) is 38.0 Å². The number of aryl methyl sites for hydroxylation is 2. The van der Waals surface area contributed by atoms with E-state index in [1.165, 1.54) is 11.8 Å². The quantitative estimate of drug-likeness (QED) is 0.268. The third-order valence-electron chi connectivity index (χ3n) is 4.68. The van der Waals surface area contributed by atoms with Crippen molar-refractivity contribution >= 4 is 39.3 Å². The first kappa shape index (κ1) is 22.9. The minimum absolute atomic E-state index is 0.239. The summed E-state index contributed by atoms with van der Waals surface area (Å²) in [6.07, 6.45) is 0. The Morgan fingerprint density at radius 3 is 2.48 bits per heavy atom. The highest BCUT2D eigenvalue weighted by molar-refractivity contribution is 9.10. The number of nitrogens with one attached hydrogen (secondary N) is 1. The van der Waals surface area contributed by atoms with E-state index in [-0.39, 0.29) is 11.6 Å². The van der Waals surface area contributed by atoms with Crippen LogP contribution in [0.1, 0.15) is 27.6 Å². The molecular weight excluding hydrogens is 504 g/mol. The molecule has 2 heterocycles. The molecule has 0 unspecified atom stereocenters. The maximum Gasteiger partial charge on any atom is 0.278 e. The predicted octanol–water partition coefficient (Wildman–Crippen LogP) is 4.99. The fraction of sp³-hybridized carbons (Fsp3) is 0.174. The van der Waals surface area contributed by atoms with E-state index in [0.717, 1.165) is 27.3 Å². The largest absolute Gasteiger partial charge is 0.497 e. The van der Waals surface area contributed by atoms with Gasteiger partial charge < -0.3 is 10.1 Å². The number of rotatable bonds is 7. The van der Waals surface area contributed by atoms with Gasteiger partial charge in [0.2, 0.25) is 0 Å². The number of ether oxygens (including phenoxy) is 1. The van der Waals surface area contributed by atoms with Crippen molar-refractivity contribution in [2.45, 2.75) is 24.8 Å². The van der Waals surface area contributed by atoms with Gasteiger partial charge in [0.25, 0.3) is 5.91 Å². The summed E-state index contributed by atoms with van der Waals surface area (Å²) in [6, 6.07) is 16.7. The van der Waals surface area contributed by atoms with Crippen LogP contribution in [0, 0.1) is 13.8 Å². The van der Waals surface area contributed by atoms with Gasteiger partial charge in [-0.15, -0.1) is 5.10 Å². The van der Waals surface area contributed by atoms with Gasteiger partial charge >= 0.3 is 0 Å². The van der Waals surface area contributed by atoms with E-state index in [4.69, 9.17) is 4.74 Å². The van der Waals surface area contributed by atoms with Gasteiger partial charge in [-0.1, -0.05) is 39.0 Å². The van der Waals surface area contributed by atoms with Gasteiger partial charge in [0.05, 0.1) is 18.5 Å². The smallest absolute Gasteiger partial charge is 0.278 e. The summed E-state index contributed by atoms with van der Waals surface area (Å²) < 4.78 is 7.77. The van der Waals surface area contributed by atoms with Crippen LogP contribution in [0.15, 0.2) is 64.2 Å². The van der Waals surface area contributed by atoms with Crippen LogP contribution in [0.2, 0.25) is 0 Å². The number of thioether (sulfide) groups is 1. The van der Waals surface area contributed by atoms with Crippen molar-refractivity contribution in [3.8, 4) is 11.4 Å². The van der Waals surface area contributed by atoms with Crippen molar-refractivity contribution in [1.82, 2.24) is 25.0 Å². The number of aromatic nitrogens is 5. The molecule has 168 valence electrons. The van der Waals surface area contributed by atoms with Gasteiger partial charge in [0.1, 0.15) is 5.75 Å². The van der Waals surface area contributed by atoms with Crippen molar-refractivity contribution in [2.75, 3.05) is 12.4 Å². The lowest BCUT2D eigenvalue weighted by atomic mass is 10.2. The van der Waals surface area contributed by atoms with Crippen LogP contribution in [0.3, 0.4) is 0 Å². The number of hydrogen-bond acceptors (Lipinski definition) is 7. The predicted molar refractivity (Wildman–Crippen MR) is 131 cm³/mol. The first-order valence-corrected chi connectivity index (χ1v) is 11.8. The molecule has 0 saturated carbocycles. The Morgan fingerprint density at radius 2 is 1.82 bits per heavy atom. The Kier molecular flexibility index (Phi) is 7.05. The number of carbonyl (C=O) groups excluding carboxylic acids is 1. The molecule has 0 aliphatic rings. The average Bonchev–Trinajstić information content (AvgIpc) is 3.21. The van der Waals surface area contributed by atoms with Gasteiger partial charge in [-0.2, -0.15) is 0 Å². The van der Waals surface area contributed by atoms with E-state index >= 15 is 0 Å². The van der Waals surface area contributed by atoms with Crippen LogP contribution in [0.4, 0.5) is 5.69 Å². The first-order valence-electron chi connectivity index (χ1n) is 10.0. The lowest BCUT2D eigenvalue weighted by Crippen LogP contribution is -2.15. The molecule has 33 heavy (non-hydrogen) atoms. The topological polar surface area (TPSA) is 94.8 Å². The maximum atomic E-state index is 13.1. The summed E-state index contributed by atoms with van der Waals surface area (Å²) in [6.45, 7) is 3.86. The summed E-state index contributed by atoms with van der Waals surface area (Å²) in [5.74, 6) is 0.791. The number of anilines is 1. The van der Waals surface area contributed by atoms with Crippen LogP contribution < -0.4 is 10.1 Å². The average molecular weight is 525 g/mol. The SMILES string of the molecule is COc1ccc(-n2nnc(C(=O)Nc3cccc(Br)c3)c2CSc2nc(C)cc(C)n2)cc1. The third kappa shape index (κ3) is 5.58. The summed E-state index contributed by atoms with van der Waals surface area (Å²) in [7, 11) is 1.61. The number of carbonyl (C=O) groups is 1. The normalized spacial score (nSPS) is 10.8. The van der Waals surface area contributed by atoms with Gasteiger partial charge in [-0.25, -0.2) is 14.6 Å². The molecule has 2 aromatic heterocycles. The number of methoxy groups -OCH3 is 1. The number of amides is 1. The number of halogens is 1. The van der Waals surface area contributed by atoms with E-state index < -0.39 is 0 Å². The first-order chi connectivity index (χ1) is 15.9. The van der Waals surface area contributed by atoms with Gasteiger partial charge in [0.15, 0.2) is 10.9 Å². The van der Waals surface area contributed by atoms with E-state index in [1.54, 1.807) is 11.8 Å². The zero-order valence-electron chi connectivity index (χ0n) is 18.2. The summed E-state index contributed by atoms with van der Waals surface area (Å²) >= 11 is 4.85. The van der Waals surface area contributed by atoms with Crippen molar-refractivity contribution in [2.24, 2.45) is 0 Å². The molecule has 4 aromatic rings. The molecule has 10 heteroatoms. The summed E-state index contributed by atoms with van der Waals surface area (Å²) in [5.41, 5.74) is 4.08. The molecule has 2 aromatic carbocycles. The second kappa shape index (κ2) is 10.1. The van der Waals surface area contributed by atoms with E-state index in [1.807, 2.05) is 68.4 Å². The molecular formula is C23H21BrN6O2S. The molecule has 0 aliphatic carbocycles. The molecule has 8 nitrogen and oxygen atoms in total. The fourth-order valence-electron chi connectivity index (χ4n) is 3.19.